The second-order valence-electron chi connectivity index (χ2n) is 8.55. The summed E-state index contributed by atoms with van der Waals surface area (Å²) in [6.45, 7) is 4.13. The summed E-state index contributed by atoms with van der Waals surface area (Å²) in [7, 11) is 0. The molecular formula is C28H24F6O2. The molecule has 0 aromatic heterocycles. The zero-order valence-corrected chi connectivity index (χ0v) is 19.7. The lowest BCUT2D eigenvalue weighted by atomic mass is 9.96. The molecule has 190 valence electrons. The molecule has 1 fully saturated rings. The van der Waals surface area contributed by atoms with Crippen molar-refractivity contribution in [2.24, 2.45) is 5.92 Å². The van der Waals surface area contributed by atoms with Crippen LogP contribution < -0.4 is 0 Å². The molecule has 1 aliphatic rings. The van der Waals surface area contributed by atoms with Gasteiger partial charge in [-0.3, -0.25) is 0 Å². The van der Waals surface area contributed by atoms with Crippen molar-refractivity contribution in [1.29, 1.82) is 0 Å². The topological polar surface area (TPSA) is 18.5 Å². The Balaban J connectivity index is 1.67. The van der Waals surface area contributed by atoms with Gasteiger partial charge >= 0.3 is 0 Å². The van der Waals surface area contributed by atoms with Gasteiger partial charge in [-0.05, 0) is 18.9 Å². The molecule has 3 aromatic rings. The fourth-order valence-electron chi connectivity index (χ4n) is 4.26. The van der Waals surface area contributed by atoms with E-state index in [9.17, 15) is 22.0 Å². The number of ether oxygens (including phenoxy) is 2. The molecule has 0 N–H and O–H groups in total. The minimum atomic E-state index is -1.52. The number of benzene rings is 3. The van der Waals surface area contributed by atoms with E-state index in [1.165, 1.54) is 18.2 Å². The lowest BCUT2D eigenvalue weighted by molar-refractivity contribution is -0.199. The first-order chi connectivity index (χ1) is 17.3. The second-order valence-corrected chi connectivity index (χ2v) is 8.55. The summed E-state index contributed by atoms with van der Waals surface area (Å²) in [5, 5.41) is 0. The van der Waals surface area contributed by atoms with E-state index < -0.39 is 63.4 Å². The first-order valence-electron chi connectivity index (χ1n) is 11.6. The SMILES string of the molecule is C/C=C/C1COC(c2ccc(-c3ccc(-c4ccc(CCC)c(F)c4F)c(F)c3F)c(F)c2F)OC1. The summed E-state index contributed by atoms with van der Waals surface area (Å²) >= 11 is 0. The molecule has 4 rings (SSSR count). The molecular weight excluding hydrogens is 482 g/mol. The molecule has 0 spiro atoms. The summed E-state index contributed by atoms with van der Waals surface area (Å²) in [4.78, 5) is 0. The number of allylic oxidation sites excluding steroid dienone is 1. The number of aryl methyl sites for hydroxylation is 1. The van der Waals surface area contributed by atoms with Crippen LogP contribution in [0.3, 0.4) is 0 Å². The van der Waals surface area contributed by atoms with Gasteiger partial charge in [0.2, 0.25) is 0 Å². The van der Waals surface area contributed by atoms with Crippen LogP contribution in [0.5, 0.6) is 0 Å². The Kier molecular flexibility index (Phi) is 7.85. The summed E-state index contributed by atoms with van der Waals surface area (Å²) in [6.07, 6.45) is 3.42. The van der Waals surface area contributed by atoms with Gasteiger partial charge in [0.25, 0.3) is 0 Å². The van der Waals surface area contributed by atoms with Crippen molar-refractivity contribution in [1.82, 2.24) is 0 Å². The summed E-state index contributed by atoms with van der Waals surface area (Å²) < 4.78 is 99.8. The van der Waals surface area contributed by atoms with Crippen molar-refractivity contribution in [2.45, 2.75) is 33.0 Å². The molecule has 1 aliphatic heterocycles. The van der Waals surface area contributed by atoms with Crippen LogP contribution in [0.1, 0.15) is 37.7 Å². The van der Waals surface area contributed by atoms with Gasteiger partial charge < -0.3 is 9.47 Å². The van der Waals surface area contributed by atoms with E-state index in [4.69, 9.17) is 9.47 Å². The third kappa shape index (κ3) is 4.80. The molecule has 36 heavy (non-hydrogen) atoms. The van der Waals surface area contributed by atoms with Crippen LogP contribution in [0, 0.1) is 40.8 Å². The van der Waals surface area contributed by atoms with Crippen molar-refractivity contribution in [2.75, 3.05) is 13.2 Å². The molecule has 0 unspecified atom stereocenters. The molecule has 0 bridgehead atoms. The highest BCUT2D eigenvalue weighted by Crippen LogP contribution is 2.37. The highest BCUT2D eigenvalue weighted by molar-refractivity contribution is 5.73. The average molecular weight is 506 g/mol. The smallest absolute Gasteiger partial charge is 0.186 e. The van der Waals surface area contributed by atoms with Crippen LogP contribution in [-0.4, -0.2) is 13.2 Å². The minimum absolute atomic E-state index is 0.0184. The fourth-order valence-corrected chi connectivity index (χ4v) is 4.26. The van der Waals surface area contributed by atoms with Gasteiger partial charge in [0.1, 0.15) is 0 Å². The van der Waals surface area contributed by atoms with Gasteiger partial charge in [-0.1, -0.05) is 61.9 Å². The molecule has 2 nitrogen and oxygen atoms in total. The zero-order valence-electron chi connectivity index (χ0n) is 19.7. The van der Waals surface area contributed by atoms with E-state index in [-0.39, 0.29) is 36.7 Å². The van der Waals surface area contributed by atoms with Crippen LogP contribution in [0.15, 0.2) is 48.6 Å². The van der Waals surface area contributed by atoms with E-state index in [2.05, 4.69) is 0 Å². The van der Waals surface area contributed by atoms with Gasteiger partial charge in [0, 0.05) is 33.7 Å². The Morgan fingerprint density at radius 3 is 1.69 bits per heavy atom. The van der Waals surface area contributed by atoms with Gasteiger partial charge in [-0.2, -0.15) is 0 Å². The number of hydrogen-bond acceptors (Lipinski definition) is 2. The molecule has 1 heterocycles. The van der Waals surface area contributed by atoms with E-state index >= 15 is 4.39 Å². The van der Waals surface area contributed by atoms with E-state index in [1.807, 2.05) is 19.1 Å². The average Bonchev–Trinajstić information content (AvgIpc) is 2.87. The van der Waals surface area contributed by atoms with Crippen molar-refractivity contribution < 1.29 is 35.8 Å². The quantitative estimate of drug-likeness (QED) is 0.249. The van der Waals surface area contributed by atoms with Crippen molar-refractivity contribution in [3.05, 3.63) is 94.6 Å². The second kappa shape index (κ2) is 10.9. The maximum atomic E-state index is 15.0. The predicted octanol–water partition coefficient (Wildman–Crippen LogP) is 8.05. The molecule has 0 atom stereocenters. The predicted molar refractivity (Wildman–Crippen MR) is 124 cm³/mol. The van der Waals surface area contributed by atoms with Gasteiger partial charge in [0.05, 0.1) is 13.2 Å². The maximum absolute atomic E-state index is 15.0. The van der Waals surface area contributed by atoms with Gasteiger partial charge in [-0.15, -0.1) is 0 Å². The monoisotopic (exact) mass is 506 g/mol. The standard InChI is InChI=1S/C28H24F6O2/c1-3-5-15-13-35-28(36-14-15)21-12-11-20(26(33)27(21)34)19-10-9-18(24(31)25(19)32)17-8-7-16(6-4-2)22(29)23(17)30/h3,5,7-12,15,28H,4,6,13-14H2,1-2H3/b5-3+. The van der Waals surface area contributed by atoms with Crippen LogP contribution in [0.4, 0.5) is 26.3 Å². The highest BCUT2D eigenvalue weighted by Gasteiger charge is 2.28. The summed E-state index contributed by atoms with van der Waals surface area (Å²) in [5.41, 5.74) is -2.20. The molecule has 3 aromatic carbocycles. The molecule has 8 heteroatoms. The number of hydrogen-bond donors (Lipinski definition) is 0. The Morgan fingerprint density at radius 1 is 0.694 bits per heavy atom. The first kappa shape index (κ1) is 26.0. The summed E-state index contributed by atoms with van der Waals surface area (Å²) in [6, 6.07) is 6.76. The largest absolute Gasteiger partial charge is 0.348 e. The molecule has 1 saturated heterocycles. The number of halogens is 6. The lowest BCUT2D eigenvalue weighted by Gasteiger charge is -2.28. The number of rotatable bonds is 6. The van der Waals surface area contributed by atoms with E-state index in [0.29, 0.717) is 6.42 Å². The Morgan fingerprint density at radius 2 is 1.17 bits per heavy atom. The van der Waals surface area contributed by atoms with Gasteiger partial charge in [0.15, 0.2) is 41.2 Å². The van der Waals surface area contributed by atoms with Crippen molar-refractivity contribution >= 4 is 0 Å². The Bertz CT molecular complexity index is 1300. The van der Waals surface area contributed by atoms with E-state index in [1.54, 1.807) is 6.92 Å². The normalized spacial score (nSPS) is 18.2. The Hall–Kier alpha value is -3.10. The summed E-state index contributed by atoms with van der Waals surface area (Å²) in [5.74, 6) is -8.21. The molecule has 0 saturated carbocycles. The third-order valence-electron chi connectivity index (χ3n) is 6.10. The van der Waals surface area contributed by atoms with Crippen LogP contribution >= 0.6 is 0 Å². The Labute approximate surface area is 205 Å². The molecule has 0 aliphatic carbocycles. The first-order valence-corrected chi connectivity index (χ1v) is 11.6. The van der Waals surface area contributed by atoms with Crippen molar-refractivity contribution in [3.63, 3.8) is 0 Å². The molecule has 0 amide bonds. The van der Waals surface area contributed by atoms with Crippen LogP contribution in [0.2, 0.25) is 0 Å². The lowest BCUT2D eigenvalue weighted by Crippen LogP contribution is -2.26. The minimum Gasteiger partial charge on any atom is -0.348 e. The van der Waals surface area contributed by atoms with Crippen molar-refractivity contribution in [3.8, 4) is 22.3 Å². The third-order valence-corrected chi connectivity index (χ3v) is 6.10. The van der Waals surface area contributed by atoms with Crippen LogP contribution in [-0.2, 0) is 15.9 Å². The maximum Gasteiger partial charge on any atom is 0.186 e. The highest BCUT2D eigenvalue weighted by atomic mass is 19.2. The van der Waals surface area contributed by atoms with Gasteiger partial charge in [-0.25, -0.2) is 26.3 Å². The molecule has 0 radical (unpaired) electrons. The zero-order chi connectivity index (χ0) is 26.0. The van der Waals surface area contributed by atoms with Crippen LogP contribution in [0.25, 0.3) is 22.3 Å². The van der Waals surface area contributed by atoms with E-state index in [0.717, 1.165) is 18.2 Å². The fraction of sp³-hybridized carbons (Fsp3) is 0.286.